The van der Waals surface area contributed by atoms with Gasteiger partial charge >= 0.3 is 0 Å². The van der Waals surface area contributed by atoms with Crippen LogP contribution in [0.25, 0.3) is 0 Å². The molecule has 0 saturated heterocycles. The van der Waals surface area contributed by atoms with Crippen molar-refractivity contribution in [2.45, 2.75) is 26.2 Å². The Hall–Kier alpha value is -2.09. The van der Waals surface area contributed by atoms with Gasteiger partial charge in [-0.15, -0.1) is 0 Å². The number of anilines is 2. The number of hydrogen-bond donors (Lipinski definition) is 0. The van der Waals surface area contributed by atoms with Crippen molar-refractivity contribution in [1.29, 1.82) is 0 Å². The molecule has 0 spiro atoms. The Labute approximate surface area is 120 Å². The topological polar surface area (TPSA) is 15.6 Å². The average Bonchev–Trinajstić information content (AvgIpc) is 2.69. The van der Waals surface area contributed by atoms with Gasteiger partial charge in [-0.1, -0.05) is 32.0 Å². The van der Waals surface area contributed by atoms with Crippen molar-refractivity contribution in [3.05, 3.63) is 54.1 Å². The van der Waals surface area contributed by atoms with E-state index < -0.39 is 0 Å². The van der Waals surface area contributed by atoms with Crippen LogP contribution >= 0.6 is 0 Å². The van der Waals surface area contributed by atoms with Gasteiger partial charge in [0.1, 0.15) is 0 Å². The minimum Gasteiger partial charge on any atom is -0.345 e. The van der Waals surface area contributed by atoms with E-state index in [9.17, 15) is 0 Å². The first kappa shape index (κ1) is 12.9. The maximum atomic E-state index is 4.68. The summed E-state index contributed by atoms with van der Waals surface area (Å²) in [5, 5.41) is 0. The summed E-state index contributed by atoms with van der Waals surface area (Å²) < 4.78 is 0. The third-order valence-electron chi connectivity index (χ3n) is 4.38. The van der Waals surface area contributed by atoms with Crippen LogP contribution < -0.4 is 4.90 Å². The molecule has 0 bridgehead atoms. The van der Waals surface area contributed by atoms with E-state index in [1.165, 1.54) is 22.6 Å². The molecule has 0 atom stereocenters. The lowest BCUT2D eigenvalue weighted by Gasteiger charge is -2.24. The van der Waals surface area contributed by atoms with Crippen LogP contribution in [-0.4, -0.2) is 12.8 Å². The quantitative estimate of drug-likeness (QED) is 0.758. The first-order chi connectivity index (χ1) is 9.50. The van der Waals surface area contributed by atoms with Gasteiger partial charge in [0.05, 0.1) is 5.69 Å². The molecule has 2 nitrogen and oxygen atoms in total. The Kier molecular flexibility index (Phi) is 2.89. The number of hydrogen-bond acceptors (Lipinski definition) is 2. The predicted molar refractivity (Wildman–Crippen MR) is 86.7 cm³/mol. The highest BCUT2D eigenvalue weighted by molar-refractivity contribution is 6.00. The number of nitrogens with zero attached hydrogens (tertiary/aromatic N) is 2. The van der Waals surface area contributed by atoms with Crippen LogP contribution in [-0.2, 0) is 5.41 Å². The molecule has 3 rings (SSSR count). The van der Waals surface area contributed by atoms with Crippen molar-refractivity contribution in [2.24, 2.45) is 4.99 Å². The summed E-state index contributed by atoms with van der Waals surface area (Å²) in [5.74, 6) is 0. The van der Waals surface area contributed by atoms with Crippen LogP contribution in [0.4, 0.5) is 17.1 Å². The second-order valence-corrected chi connectivity index (χ2v) is 5.92. The monoisotopic (exact) mass is 264 g/mol. The molecular formula is C18H20N2. The van der Waals surface area contributed by atoms with Gasteiger partial charge in [-0.05, 0) is 42.8 Å². The molecule has 2 heteroatoms. The zero-order valence-corrected chi connectivity index (χ0v) is 12.5. The molecule has 0 amide bonds. The summed E-state index contributed by atoms with van der Waals surface area (Å²) in [7, 11) is 2.10. The average molecular weight is 264 g/mol. The second kappa shape index (κ2) is 4.48. The first-order valence-electron chi connectivity index (χ1n) is 6.99. The van der Waals surface area contributed by atoms with E-state index in [4.69, 9.17) is 0 Å². The molecule has 0 saturated carbocycles. The molecule has 0 radical (unpaired) electrons. The van der Waals surface area contributed by atoms with Gasteiger partial charge in [0.15, 0.2) is 0 Å². The Morgan fingerprint density at radius 3 is 2.35 bits per heavy atom. The van der Waals surface area contributed by atoms with Crippen LogP contribution in [0, 0.1) is 0 Å². The molecule has 20 heavy (non-hydrogen) atoms. The van der Waals surface area contributed by atoms with E-state index in [0.29, 0.717) is 0 Å². The molecule has 1 heterocycles. The van der Waals surface area contributed by atoms with Crippen LogP contribution in [0.2, 0.25) is 0 Å². The number of aliphatic imine (C=N–C) groups is 1. The maximum Gasteiger partial charge on any atom is 0.0672 e. The summed E-state index contributed by atoms with van der Waals surface area (Å²) in [6.07, 6.45) is 0. The highest BCUT2D eigenvalue weighted by atomic mass is 15.1. The molecule has 0 unspecified atom stereocenters. The van der Waals surface area contributed by atoms with Crippen LogP contribution in [0.5, 0.6) is 0 Å². The molecule has 0 fully saturated rings. The number of rotatable bonds is 2. The lowest BCUT2D eigenvalue weighted by Crippen LogP contribution is -2.23. The summed E-state index contributed by atoms with van der Waals surface area (Å²) in [5.41, 5.74) is 6.04. The van der Waals surface area contributed by atoms with Crippen molar-refractivity contribution in [3.63, 3.8) is 0 Å². The fourth-order valence-corrected chi connectivity index (χ4v) is 2.65. The maximum absolute atomic E-state index is 4.68. The normalized spacial score (nSPS) is 15.7. The minimum atomic E-state index is 0.0306. The molecule has 1 aliphatic heterocycles. The number of benzene rings is 2. The fourth-order valence-electron chi connectivity index (χ4n) is 2.65. The van der Waals surface area contributed by atoms with Crippen LogP contribution in [0.1, 0.15) is 26.3 Å². The Morgan fingerprint density at radius 2 is 1.65 bits per heavy atom. The van der Waals surface area contributed by atoms with E-state index in [1.807, 2.05) is 6.07 Å². The van der Waals surface area contributed by atoms with Gasteiger partial charge in [-0.25, -0.2) is 0 Å². The number of para-hydroxylation sites is 1. The molecular weight excluding hydrogens is 244 g/mol. The van der Waals surface area contributed by atoms with Crippen molar-refractivity contribution in [2.75, 3.05) is 11.9 Å². The minimum absolute atomic E-state index is 0.0306. The van der Waals surface area contributed by atoms with Gasteiger partial charge < -0.3 is 4.90 Å². The molecule has 0 aliphatic carbocycles. The number of fused-ring (bicyclic) bond motifs is 1. The zero-order chi connectivity index (χ0) is 14.3. The first-order valence-corrected chi connectivity index (χ1v) is 6.99. The van der Waals surface area contributed by atoms with Crippen LogP contribution in [0.15, 0.2) is 53.5 Å². The lowest BCUT2D eigenvalue weighted by molar-refractivity contribution is 0.733. The largest absolute Gasteiger partial charge is 0.345 e. The van der Waals surface area contributed by atoms with Gasteiger partial charge in [0.2, 0.25) is 0 Å². The van der Waals surface area contributed by atoms with E-state index in [0.717, 1.165) is 5.69 Å². The van der Waals surface area contributed by atoms with E-state index in [2.05, 4.69) is 80.2 Å². The lowest BCUT2D eigenvalue weighted by atomic mass is 9.82. The SMILES string of the molecule is CC1=Nc2ccc(N(C)c3ccccc3)cc2C1(C)C. The summed E-state index contributed by atoms with van der Waals surface area (Å²) in [6, 6.07) is 17.0. The van der Waals surface area contributed by atoms with Crippen LogP contribution in [0.3, 0.4) is 0 Å². The van der Waals surface area contributed by atoms with E-state index in [1.54, 1.807) is 0 Å². The Morgan fingerprint density at radius 1 is 0.950 bits per heavy atom. The van der Waals surface area contributed by atoms with Crippen molar-refractivity contribution in [3.8, 4) is 0 Å². The second-order valence-electron chi connectivity index (χ2n) is 5.92. The zero-order valence-electron chi connectivity index (χ0n) is 12.5. The third-order valence-corrected chi connectivity index (χ3v) is 4.38. The van der Waals surface area contributed by atoms with Gasteiger partial charge in [0.25, 0.3) is 0 Å². The van der Waals surface area contributed by atoms with Crippen molar-refractivity contribution < 1.29 is 0 Å². The van der Waals surface area contributed by atoms with Gasteiger partial charge in [0, 0.05) is 29.5 Å². The molecule has 102 valence electrons. The van der Waals surface area contributed by atoms with Gasteiger partial charge in [-0.3, -0.25) is 4.99 Å². The predicted octanol–water partition coefficient (Wildman–Crippen LogP) is 4.84. The standard InChI is InChI=1S/C18H20N2/c1-13-18(2,3)16-12-15(10-11-17(16)19-13)20(4)14-8-6-5-7-9-14/h5-12H,1-4H3. The van der Waals surface area contributed by atoms with Crippen molar-refractivity contribution in [1.82, 2.24) is 0 Å². The molecule has 0 aromatic heterocycles. The highest BCUT2D eigenvalue weighted by Crippen LogP contribution is 2.42. The molecule has 1 aliphatic rings. The fraction of sp³-hybridized carbons (Fsp3) is 0.278. The highest BCUT2D eigenvalue weighted by Gasteiger charge is 2.32. The Bertz CT molecular complexity index is 669. The van der Waals surface area contributed by atoms with E-state index >= 15 is 0 Å². The summed E-state index contributed by atoms with van der Waals surface area (Å²) >= 11 is 0. The molecule has 0 N–H and O–H groups in total. The summed E-state index contributed by atoms with van der Waals surface area (Å²) in [6.45, 7) is 6.59. The Balaban J connectivity index is 2.02. The molecule has 2 aromatic rings. The molecule has 2 aromatic carbocycles. The van der Waals surface area contributed by atoms with Crippen molar-refractivity contribution >= 4 is 22.8 Å². The smallest absolute Gasteiger partial charge is 0.0672 e. The van der Waals surface area contributed by atoms with E-state index in [-0.39, 0.29) is 5.41 Å². The van der Waals surface area contributed by atoms with Gasteiger partial charge in [-0.2, -0.15) is 0 Å². The third kappa shape index (κ3) is 1.92. The summed E-state index contributed by atoms with van der Waals surface area (Å²) in [4.78, 5) is 6.89.